The third-order valence-electron chi connectivity index (χ3n) is 4.32. The maximum absolute atomic E-state index is 12.6. The first kappa shape index (κ1) is 23.3. The van der Waals surface area contributed by atoms with Gasteiger partial charge in [-0.3, -0.25) is 14.2 Å². The molecule has 1 aromatic heterocycles. The van der Waals surface area contributed by atoms with Gasteiger partial charge in [0.15, 0.2) is 10.9 Å². The van der Waals surface area contributed by atoms with Crippen LogP contribution in [-0.4, -0.2) is 45.9 Å². The quantitative estimate of drug-likeness (QED) is 0.332. The fourth-order valence-electron chi connectivity index (χ4n) is 2.81. The molecule has 10 heteroatoms. The van der Waals surface area contributed by atoms with Crippen molar-refractivity contribution in [2.24, 2.45) is 0 Å². The van der Waals surface area contributed by atoms with Gasteiger partial charge in [0, 0.05) is 29.9 Å². The molecule has 0 aliphatic carbocycles. The van der Waals surface area contributed by atoms with Gasteiger partial charge in [-0.05, 0) is 30.3 Å². The minimum absolute atomic E-state index is 0.0143. The van der Waals surface area contributed by atoms with Crippen molar-refractivity contribution in [2.45, 2.75) is 18.5 Å². The lowest BCUT2D eigenvalue weighted by molar-refractivity contribution is -0.118. The number of nitrogens with one attached hydrogen (secondary N) is 1. The normalized spacial score (nSPS) is 10.7. The highest BCUT2D eigenvalue weighted by atomic mass is 79.9. The number of hydrogen-bond acceptors (Lipinski definition) is 6. The van der Waals surface area contributed by atoms with Crippen LogP contribution in [0.2, 0.25) is 5.02 Å². The molecule has 7 nitrogen and oxygen atoms in total. The van der Waals surface area contributed by atoms with Crippen LogP contribution in [0.25, 0.3) is 5.69 Å². The number of rotatable bonds is 9. The molecule has 3 aromatic rings. The highest BCUT2D eigenvalue weighted by molar-refractivity contribution is 9.10. The third kappa shape index (κ3) is 6.09. The van der Waals surface area contributed by atoms with E-state index in [1.54, 1.807) is 31.4 Å². The summed E-state index contributed by atoms with van der Waals surface area (Å²) in [5.74, 6) is 1.27. The molecule has 0 fully saturated rings. The molecule has 1 heterocycles. The number of carbonyl (C=O) groups is 2. The molecule has 0 aliphatic heterocycles. The van der Waals surface area contributed by atoms with Crippen molar-refractivity contribution in [3.05, 3.63) is 63.3 Å². The zero-order valence-electron chi connectivity index (χ0n) is 16.9. The molecule has 162 valence electrons. The van der Waals surface area contributed by atoms with Crippen molar-refractivity contribution in [1.82, 2.24) is 20.1 Å². The number of ether oxygens (including phenoxy) is 1. The molecule has 0 bridgehead atoms. The number of Topliss-reactive ketones (excluding diaryl/α,β-unsaturated/α-hetero) is 1. The van der Waals surface area contributed by atoms with Gasteiger partial charge >= 0.3 is 0 Å². The van der Waals surface area contributed by atoms with Gasteiger partial charge in [0.25, 0.3) is 0 Å². The van der Waals surface area contributed by atoms with Crippen molar-refractivity contribution in [3.8, 4) is 11.4 Å². The van der Waals surface area contributed by atoms with Crippen LogP contribution in [0.4, 0.5) is 0 Å². The number of hydrogen-bond donors (Lipinski definition) is 1. The Morgan fingerprint density at radius 1 is 1.19 bits per heavy atom. The van der Waals surface area contributed by atoms with Crippen LogP contribution in [0.3, 0.4) is 0 Å². The van der Waals surface area contributed by atoms with Crippen LogP contribution in [-0.2, 0) is 11.2 Å². The summed E-state index contributed by atoms with van der Waals surface area (Å²) in [6, 6.07) is 12.6. The molecule has 0 spiro atoms. The molecule has 0 saturated carbocycles. The number of amides is 1. The number of aromatic nitrogens is 3. The first-order valence-electron chi connectivity index (χ1n) is 9.33. The summed E-state index contributed by atoms with van der Waals surface area (Å²) >= 11 is 11.0. The van der Waals surface area contributed by atoms with Crippen LogP contribution < -0.4 is 10.1 Å². The largest absolute Gasteiger partial charge is 0.495 e. The second kappa shape index (κ2) is 10.8. The van der Waals surface area contributed by atoms with E-state index in [2.05, 4.69) is 31.4 Å². The molecule has 0 saturated heterocycles. The Morgan fingerprint density at radius 2 is 1.94 bits per heavy atom. The van der Waals surface area contributed by atoms with Crippen molar-refractivity contribution in [3.63, 3.8) is 0 Å². The highest BCUT2D eigenvalue weighted by Crippen LogP contribution is 2.30. The number of ketones is 1. The molecule has 2 aromatic carbocycles. The summed E-state index contributed by atoms with van der Waals surface area (Å²) in [5.41, 5.74) is 1.37. The van der Waals surface area contributed by atoms with Gasteiger partial charge < -0.3 is 10.1 Å². The van der Waals surface area contributed by atoms with Gasteiger partial charge in [0.05, 0.1) is 23.6 Å². The summed E-state index contributed by atoms with van der Waals surface area (Å²) in [6.07, 6.45) is 0.470. The van der Waals surface area contributed by atoms with E-state index >= 15 is 0 Å². The van der Waals surface area contributed by atoms with Gasteiger partial charge in [0.2, 0.25) is 5.91 Å². The van der Waals surface area contributed by atoms with Gasteiger partial charge in [-0.25, -0.2) is 0 Å². The van der Waals surface area contributed by atoms with E-state index in [-0.39, 0.29) is 17.4 Å². The van der Waals surface area contributed by atoms with E-state index in [4.69, 9.17) is 16.3 Å². The average Bonchev–Trinajstić information content (AvgIpc) is 3.15. The Bertz CT molecular complexity index is 1090. The molecule has 1 amide bonds. The molecule has 3 rings (SSSR count). The van der Waals surface area contributed by atoms with Crippen molar-refractivity contribution < 1.29 is 14.3 Å². The molecule has 0 unspecified atom stereocenters. The lowest BCUT2D eigenvalue weighted by atomic mass is 10.2. The molecule has 0 radical (unpaired) electrons. The van der Waals surface area contributed by atoms with Crippen molar-refractivity contribution >= 4 is 51.0 Å². The maximum atomic E-state index is 12.6. The predicted molar refractivity (Wildman–Crippen MR) is 125 cm³/mol. The van der Waals surface area contributed by atoms with Crippen LogP contribution in [0.1, 0.15) is 23.1 Å². The summed E-state index contributed by atoms with van der Waals surface area (Å²) in [4.78, 5) is 23.8. The number of carbonyl (C=O) groups excluding carboxylic acids is 2. The van der Waals surface area contributed by atoms with E-state index in [9.17, 15) is 9.59 Å². The van der Waals surface area contributed by atoms with E-state index in [1.165, 1.54) is 18.7 Å². The zero-order valence-corrected chi connectivity index (χ0v) is 20.1. The van der Waals surface area contributed by atoms with Crippen LogP contribution in [0.5, 0.6) is 5.75 Å². The number of nitrogens with zero attached hydrogens (tertiary/aromatic N) is 3. The van der Waals surface area contributed by atoms with E-state index in [1.807, 2.05) is 22.8 Å². The van der Waals surface area contributed by atoms with E-state index < -0.39 is 0 Å². The van der Waals surface area contributed by atoms with Gasteiger partial charge in [-0.15, -0.1) is 10.2 Å². The number of methoxy groups -OCH3 is 1. The number of thioether (sulfide) groups is 1. The molecular weight excluding hydrogens is 504 g/mol. The Hall–Kier alpha value is -2.36. The lowest BCUT2D eigenvalue weighted by Crippen LogP contribution is -2.23. The van der Waals surface area contributed by atoms with Crippen molar-refractivity contribution in [2.75, 3.05) is 19.4 Å². The summed E-state index contributed by atoms with van der Waals surface area (Å²) in [7, 11) is 1.55. The third-order valence-corrected chi connectivity index (χ3v) is 6.07. The van der Waals surface area contributed by atoms with Crippen molar-refractivity contribution in [1.29, 1.82) is 0 Å². The molecule has 1 N–H and O–H groups in total. The summed E-state index contributed by atoms with van der Waals surface area (Å²) < 4.78 is 7.99. The molecule has 0 atom stereocenters. The first-order valence-corrected chi connectivity index (χ1v) is 11.5. The second-order valence-electron chi connectivity index (χ2n) is 6.50. The fraction of sp³-hybridized carbons (Fsp3) is 0.238. The van der Waals surface area contributed by atoms with Gasteiger partial charge in [0.1, 0.15) is 11.6 Å². The Balaban J connectivity index is 1.85. The fourth-order valence-corrected chi connectivity index (χ4v) is 4.19. The lowest BCUT2D eigenvalue weighted by Gasteiger charge is -2.12. The smallest absolute Gasteiger partial charge is 0.216 e. The molecule has 0 aliphatic rings. The monoisotopic (exact) mass is 522 g/mol. The summed E-state index contributed by atoms with van der Waals surface area (Å²) in [6.45, 7) is 1.88. The standard InChI is InChI=1S/C21H20BrClN4O3S/c1-13(28)24-10-9-20-25-26-21(27(20)16-7-8-19(30-2)17(23)11-16)31-12-18(29)14-3-5-15(22)6-4-14/h3-8,11H,9-10,12H2,1-2H3,(H,24,28). The summed E-state index contributed by atoms with van der Waals surface area (Å²) in [5, 5.41) is 12.3. The van der Waals surface area contributed by atoms with E-state index in [0.717, 1.165) is 10.2 Å². The minimum Gasteiger partial charge on any atom is -0.495 e. The minimum atomic E-state index is -0.117. The topological polar surface area (TPSA) is 86.1 Å². The zero-order chi connectivity index (χ0) is 22.4. The SMILES string of the molecule is COc1ccc(-n2c(CCNC(C)=O)nnc2SCC(=O)c2ccc(Br)cc2)cc1Cl. The molecular formula is C21H20BrClN4O3S. The predicted octanol–water partition coefficient (Wildman–Crippen LogP) is 4.35. The Morgan fingerprint density at radius 3 is 2.58 bits per heavy atom. The first-order chi connectivity index (χ1) is 14.9. The van der Waals surface area contributed by atoms with Gasteiger partial charge in [-0.1, -0.05) is 51.4 Å². The molecule has 31 heavy (non-hydrogen) atoms. The maximum Gasteiger partial charge on any atom is 0.216 e. The second-order valence-corrected chi connectivity index (χ2v) is 8.77. The average molecular weight is 524 g/mol. The number of halogens is 2. The van der Waals surface area contributed by atoms with Crippen LogP contribution in [0, 0.1) is 0 Å². The Labute approximate surface area is 197 Å². The van der Waals surface area contributed by atoms with E-state index in [0.29, 0.717) is 40.3 Å². The highest BCUT2D eigenvalue weighted by Gasteiger charge is 2.17. The van der Waals surface area contributed by atoms with Crippen LogP contribution >= 0.6 is 39.3 Å². The van der Waals surface area contributed by atoms with Crippen LogP contribution in [0.15, 0.2) is 52.1 Å². The van der Waals surface area contributed by atoms with Gasteiger partial charge in [-0.2, -0.15) is 0 Å². The number of benzene rings is 2. The Kier molecular flexibility index (Phi) is 8.11.